The van der Waals surface area contributed by atoms with Crippen LogP contribution >= 0.6 is 49.9 Å². The number of hydrogen-bond donors (Lipinski definition) is 0. The van der Waals surface area contributed by atoms with E-state index in [1.54, 1.807) is 51.1 Å². The fraction of sp³-hybridized carbons (Fsp3) is 0.333. The Morgan fingerprint density at radius 1 is 1.02 bits per heavy atom. The van der Waals surface area contributed by atoms with E-state index in [2.05, 4.69) is 43.5 Å². The number of allylic oxidation sites excluding steroid dienone is 1. The van der Waals surface area contributed by atoms with E-state index in [0.29, 0.717) is 57.2 Å². The van der Waals surface area contributed by atoms with Crippen molar-refractivity contribution in [1.82, 2.24) is 4.57 Å². The van der Waals surface area contributed by atoms with Crippen molar-refractivity contribution < 1.29 is 38.0 Å². The molecule has 1 atom stereocenters. The van der Waals surface area contributed by atoms with Gasteiger partial charge >= 0.3 is 11.9 Å². The minimum absolute atomic E-state index is 0.153. The summed E-state index contributed by atoms with van der Waals surface area (Å²) in [6.45, 7) is 5.28. The number of carbonyl (C=O) groups excluding carboxylic acids is 2. The second kappa shape index (κ2) is 14.6. The molecule has 1 aromatic heterocycles. The van der Waals surface area contributed by atoms with Gasteiger partial charge in [0.15, 0.2) is 34.4 Å². The van der Waals surface area contributed by atoms with Crippen LogP contribution in [0, 0.1) is 3.57 Å². The molecule has 234 valence electrons. The maximum Gasteiger partial charge on any atom is 0.344 e. The molecule has 0 spiro atoms. The third-order valence-electron chi connectivity index (χ3n) is 6.50. The summed E-state index contributed by atoms with van der Waals surface area (Å²) in [6.07, 6.45) is 1.72. The third-order valence-corrected chi connectivity index (χ3v) is 8.97. The molecule has 1 aliphatic heterocycles. The fourth-order valence-corrected chi connectivity index (χ4v) is 6.98. The summed E-state index contributed by atoms with van der Waals surface area (Å²) in [5, 5.41) is 0. The van der Waals surface area contributed by atoms with Gasteiger partial charge in [-0.05, 0) is 84.8 Å². The molecule has 2 aromatic carbocycles. The summed E-state index contributed by atoms with van der Waals surface area (Å²) < 4.78 is 35.6. The quantitative estimate of drug-likeness (QED) is 0.208. The van der Waals surface area contributed by atoms with Crippen LogP contribution in [0.1, 0.15) is 37.9 Å². The SMILES string of the molecule is CCOC(=O)COc1c(I)cc(/C=c2\sc3n(c2=O)[C@H](c2cc(OC)c(OC)cc2Br)C(C(=O)OCC)=C(C)N=3)cc1OC. The Morgan fingerprint density at radius 3 is 2.32 bits per heavy atom. The maximum absolute atomic E-state index is 14.1. The predicted molar refractivity (Wildman–Crippen MR) is 175 cm³/mol. The van der Waals surface area contributed by atoms with Crippen molar-refractivity contribution in [2.24, 2.45) is 4.99 Å². The van der Waals surface area contributed by atoms with Crippen molar-refractivity contribution in [2.45, 2.75) is 26.8 Å². The van der Waals surface area contributed by atoms with Crippen LogP contribution in [-0.2, 0) is 19.1 Å². The van der Waals surface area contributed by atoms with E-state index in [-0.39, 0.29) is 31.0 Å². The fourth-order valence-electron chi connectivity index (χ4n) is 4.61. The van der Waals surface area contributed by atoms with Crippen LogP contribution < -0.4 is 33.8 Å². The molecule has 4 rings (SSSR count). The van der Waals surface area contributed by atoms with Gasteiger partial charge in [0, 0.05) is 4.47 Å². The smallest absolute Gasteiger partial charge is 0.344 e. The molecular weight excluding hydrogens is 771 g/mol. The van der Waals surface area contributed by atoms with Gasteiger partial charge in [0.25, 0.3) is 5.56 Å². The van der Waals surface area contributed by atoms with E-state index in [4.69, 9.17) is 28.4 Å². The number of carbonyl (C=O) groups is 2. The molecule has 1 aliphatic rings. The van der Waals surface area contributed by atoms with Crippen molar-refractivity contribution in [2.75, 3.05) is 41.2 Å². The first kappa shape index (κ1) is 33.5. The van der Waals surface area contributed by atoms with Gasteiger partial charge in [-0.25, -0.2) is 14.6 Å². The number of halogens is 2. The lowest BCUT2D eigenvalue weighted by atomic mass is 9.95. The number of benzene rings is 2. The predicted octanol–water partition coefficient (Wildman–Crippen LogP) is 4.13. The summed E-state index contributed by atoms with van der Waals surface area (Å²) in [6, 6.07) is 6.10. The highest BCUT2D eigenvalue weighted by Gasteiger charge is 2.35. The van der Waals surface area contributed by atoms with Crippen molar-refractivity contribution in [1.29, 1.82) is 0 Å². The Morgan fingerprint density at radius 2 is 1.68 bits per heavy atom. The van der Waals surface area contributed by atoms with Gasteiger partial charge in [0.05, 0.1) is 60.0 Å². The second-order valence-electron chi connectivity index (χ2n) is 9.16. The van der Waals surface area contributed by atoms with Crippen LogP contribution in [0.3, 0.4) is 0 Å². The summed E-state index contributed by atoms with van der Waals surface area (Å²) in [5.74, 6) is 0.599. The van der Waals surface area contributed by atoms with Gasteiger partial charge in [0.2, 0.25) is 0 Å². The molecule has 2 heterocycles. The molecule has 0 aliphatic carbocycles. The number of fused-ring (bicyclic) bond motifs is 1. The lowest BCUT2D eigenvalue weighted by molar-refractivity contribution is -0.145. The molecule has 11 nitrogen and oxygen atoms in total. The summed E-state index contributed by atoms with van der Waals surface area (Å²) in [5.41, 5.74) is 1.56. The molecule has 0 saturated heterocycles. The standard InChI is InChI=1S/C30H30BrIN2O9S/c1-7-41-24(35)14-43-27-19(32)9-16(10-22(27)40-6)11-23-28(36)34-26(17-12-20(38-4)21(39-5)13-18(17)31)25(29(37)42-8-2)15(3)33-30(34)44-23/h9-13,26H,7-8,14H2,1-6H3/b23-11-/t26-/m1/s1. The topological polar surface area (TPSA) is 124 Å². The summed E-state index contributed by atoms with van der Waals surface area (Å²) >= 11 is 6.87. The van der Waals surface area contributed by atoms with E-state index in [1.807, 2.05) is 0 Å². The van der Waals surface area contributed by atoms with Gasteiger partial charge in [-0.2, -0.15) is 0 Å². The van der Waals surface area contributed by atoms with Crippen LogP contribution in [0.15, 0.2) is 49.8 Å². The molecule has 44 heavy (non-hydrogen) atoms. The summed E-state index contributed by atoms with van der Waals surface area (Å²) in [4.78, 5) is 44.3. The van der Waals surface area contributed by atoms with Crippen LogP contribution in [-0.4, -0.2) is 57.7 Å². The van der Waals surface area contributed by atoms with Gasteiger partial charge in [-0.1, -0.05) is 27.3 Å². The largest absolute Gasteiger partial charge is 0.493 e. The van der Waals surface area contributed by atoms with Crippen molar-refractivity contribution in [3.05, 3.63) is 74.4 Å². The Balaban J connectivity index is 1.89. The number of ether oxygens (including phenoxy) is 6. The first-order chi connectivity index (χ1) is 21.1. The Bertz CT molecular complexity index is 1820. The zero-order chi connectivity index (χ0) is 32.1. The van der Waals surface area contributed by atoms with Crippen LogP contribution in [0.25, 0.3) is 6.08 Å². The number of rotatable bonds is 11. The van der Waals surface area contributed by atoms with Gasteiger partial charge in [0.1, 0.15) is 0 Å². The molecule has 0 fully saturated rings. The van der Waals surface area contributed by atoms with Crippen molar-refractivity contribution in [3.63, 3.8) is 0 Å². The van der Waals surface area contributed by atoms with Crippen LogP contribution in [0.5, 0.6) is 23.0 Å². The molecular formula is C30H30BrIN2O9S. The van der Waals surface area contributed by atoms with Gasteiger partial charge < -0.3 is 28.4 Å². The third kappa shape index (κ3) is 6.81. The lowest BCUT2D eigenvalue weighted by Crippen LogP contribution is -2.40. The number of methoxy groups -OCH3 is 3. The second-order valence-corrected chi connectivity index (χ2v) is 12.2. The number of hydrogen-bond acceptors (Lipinski definition) is 11. The monoisotopic (exact) mass is 800 g/mol. The van der Waals surface area contributed by atoms with E-state index in [9.17, 15) is 14.4 Å². The average molecular weight is 801 g/mol. The molecule has 3 aromatic rings. The minimum atomic E-state index is -0.866. The van der Waals surface area contributed by atoms with E-state index in [0.717, 1.165) is 0 Å². The normalized spacial score (nSPS) is 14.5. The molecule has 0 amide bonds. The number of nitrogens with zero attached hydrogens (tertiary/aromatic N) is 2. The highest BCUT2D eigenvalue weighted by molar-refractivity contribution is 14.1. The van der Waals surface area contributed by atoms with E-state index >= 15 is 0 Å². The molecule has 14 heteroatoms. The van der Waals surface area contributed by atoms with Gasteiger partial charge in [-0.3, -0.25) is 9.36 Å². The zero-order valence-corrected chi connectivity index (χ0v) is 29.4. The number of aromatic nitrogens is 1. The first-order valence-corrected chi connectivity index (χ1v) is 16.0. The highest BCUT2D eigenvalue weighted by atomic mass is 127. The maximum atomic E-state index is 14.1. The van der Waals surface area contributed by atoms with E-state index < -0.39 is 18.0 Å². The Hall–Kier alpha value is -3.37. The number of thiazole rings is 1. The van der Waals surface area contributed by atoms with Crippen molar-refractivity contribution >= 4 is 67.9 Å². The molecule has 0 bridgehead atoms. The number of esters is 2. The Kier molecular flexibility index (Phi) is 11.1. The highest BCUT2D eigenvalue weighted by Crippen LogP contribution is 2.41. The van der Waals surface area contributed by atoms with Crippen molar-refractivity contribution in [3.8, 4) is 23.0 Å². The minimum Gasteiger partial charge on any atom is -0.493 e. The van der Waals surface area contributed by atoms with Crippen LogP contribution in [0.4, 0.5) is 0 Å². The lowest BCUT2D eigenvalue weighted by Gasteiger charge is -2.26. The molecule has 0 N–H and O–H groups in total. The summed E-state index contributed by atoms with van der Waals surface area (Å²) in [7, 11) is 4.52. The molecule has 0 radical (unpaired) electrons. The van der Waals surface area contributed by atoms with E-state index in [1.165, 1.54) is 37.2 Å². The first-order valence-electron chi connectivity index (χ1n) is 13.3. The average Bonchev–Trinajstić information content (AvgIpc) is 3.29. The van der Waals surface area contributed by atoms with Gasteiger partial charge in [-0.15, -0.1) is 0 Å². The molecule has 0 unspecified atom stereocenters. The van der Waals surface area contributed by atoms with Crippen LogP contribution in [0.2, 0.25) is 0 Å². The molecule has 0 saturated carbocycles. The zero-order valence-electron chi connectivity index (χ0n) is 24.8. The Labute approximate surface area is 279 Å².